The lowest BCUT2D eigenvalue weighted by molar-refractivity contribution is 0.562. The highest BCUT2D eigenvalue weighted by molar-refractivity contribution is 6.18. The smallest absolute Gasteiger partial charge is 0.222 e. The summed E-state index contributed by atoms with van der Waals surface area (Å²) in [5.74, 6) is 1.71. The Morgan fingerprint density at radius 1 is 1.38 bits per heavy atom. The summed E-state index contributed by atoms with van der Waals surface area (Å²) in [5.41, 5.74) is 0. The lowest BCUT2D eigenvalue weighted by atomic mass is 10.1. The largest absolute Gasteiger partial charge is 0.351 e. The SMILES string of the molecule is CC(CCl)C(C)Nc1ncccn1. The van der Waals surface area contributed by atoms with Crippen molar-refractivity contribution in [3.8, 4) is 0 Å². The highest BCUT2D eigenvalue weighted by Gasteiger charge is 2.10. The van der Waals surface area contributed by atoms with Crippen molar-refractivity contribution in [2.24, 2.45) is 5.92 Å². The molecule has 0 amide bonds. The van der Waals surface area contributed by atoms with Gasteiger partial charge < -0.3 is 5.32 Å². The second-order valence-electron chi connectivity index (χ2n) is 3.14. The summed E-state index contributed by atoms with van der Waals surface area (Å²) in [6, 6.07) is 2.08. The highest BCUT2D eigenvalue weighted by Crippen LogP contribution is 2.08. The standard InChI is InChI=1S/C9H14ClN3/c1-7(6-10)8(2)13-9-11-4-3-5-12-9/h3-5,7-8H,6H2,1-2H3,(H,11,12,13). The van der Waals surface area contributed by atoms with Crippen molar-refractivity contribution in [3.63, 3.8) is 0 Å². The molecule has 0 saturated carbocycles. The molecule has 3 nitrogen and oxygen atoms in total. The van der Waals surface area contributed by atoms with Crippen LogP contribution in [0.4, 0.5) is 5.95 Å². The van der Waals surface area contributed by atoms with Gasteiger partial charge >= 0.3 is 0 Å². The fourth-order valence-corrected chi connectivity index (χ4v) is 1.12. The predicted octanol–water partition coefficient (Wildman–Crippen LogP) is 2.15. The third kappa shape index (κ3) is 3.19. The lowest BCUT2D eigenvalue weighted by Gasteiger charge is -2.18. The van der Waals surface area contributed by atoms with Gasteiger partial charge in [-0.15, -0.1) is 11.6 Å². The molecule has 0 bridgehead atoms. The Kier molecular flexibility index (Phi) is 3.96. The molecule has 1 aromatic heterocycles. The first kappa shape index (κ1) is 10.3. The monoisotopic (exact) mass is 199 g/mol. The minimum atomic E-state index is 0.292. The van der Waals surface area contributed by atoms with Gasteiger partial charge in [-0.1, -0.05) is 6.92 Å². The number of aromatic nitrogens is 2. The van der Waals surface area contributed by atoms with Crippen LogP contribution in [0.1, 0.15) is 13.8 Å². The number of rotatable bonds is 4. The third-order valence-corrected chi connectivity index (χ3v) is 2.51. The fraction of sp³-hybridized carbons (Fsp3) is 0.556. The molecule has 2 unspecified atom stereocenters. The number of nitrogens with one attached hydrogen (secondary N) is 1. The highest BCUT2D eigenvalue weighted by atomic mass is 35.5. The normalized spacial score (nSPS) is 15.0. The first-order chi connectivity index (χ1) is 6.24. The van der Waals surface area contributed by atoms with Gasteiger partial charge in [0.05, 0.1) is 0 Å². The molecule has 0 saturated heterocycles. The van der Waals surface area contributed by atoms with Crippen molar-refractivity contribution >= 4 is 17.5 Å². The fourth-order valence-electron chi connectivity index (χ4n) is 0.853. The van der Waals surface area contributed by atoms with Gasteiger partial charge in [-0.05, 0) is 18.9 Å². The van der Waals surface area contributed by atoms with E-state index in [0.29, 0.717) is 23.8 Å². The van der Waals surface area contributed by atoms with E-state index in [-0.39, 0.29) is 0 Å². The number of anilines is 1. The van der Waals surface area contributed by atoms with E-state index in [9.17, 15) is 0 Å². The molecule has 0 fully saturated rings. The molecule has 1 rings (SSSR count). The Bertz CT molecular complexity index is 240. The molecular formula is C9H14ClN3. The molecule has 1 heterocycles. The van der Waals surface area contributed by atoms with Gasteiger partial charge in [0.25, 0.3) is 0 Å². The van der Waals surface area contributed by atoms with Crippen molar-refractivity contribution in [2.45, 2.75) is 19.9 Å². The Morgan fingerprint density at radius 3 is 2.54 bits per heavy atom. The zero-order valence-electron chi connectivity index (χ0n) is 7.87. The van der Waals surface area contributed by atoms with Crippen molar-refractivity contribution in [1.82, 2.24) is 9.97 Å². The van der Waals surface area contributed by atoms with Gasteiger partial charge in [-0.2, -0.15) is 0 Å². The van der Waals surface area contributed by atoms with E-state index < -0.39 is 0 Å². The van der Waals surface area contributed by atoms with Crippen LogP contribution in [0.15, 0.2) is 18.5 Å². The summed E-state index contributed by atoms with van der Waals surface area (Å²) in [7, 11) is 0. The van der Waals surface area contributed by atoms with Crippen LogP contribution >= 0.6 is 11.6 Å². The van der Waals surface area contributed by atoms with Gasteiger partial charge in [-0.3, -0.25) is 0 Å². The molecule has 0 aliphatic carbocycles. The molecule has 0 aliphatic rings. The number of hydrogen-bond donors (Lipinski definition) is 1. The third-order valence-electron chi connectivity index (χ3n) is 2.02. The summed E-state index contributed by atoms with van der Waals surface area (Å²) in [5, 5.41) is 3.19. The second kappa shape index (κ2) is 5.02. The van der Waals surface area contributed by atoms with Crippen LogP contribution in [0, 0.1) is 5.92 Å². The van der Waals surface area contributed by atoms with E-state index in [1.54, 1.807) is 18.5 Å². The Hall–Kier alpha value is -0.830. The predicted molar refractivity (Wildman–Crippen MR) is 55.0 cm³/mol. The molecule has 0 aliphatic heterocycles. The summed E-state index contributed by atoms with van der Waals surface area (Å²) in [4.78, 5) is 8.14. The topological polar surface area (TPSA) is 37.8 Å². The molecule has 1 aromatic rings. The molecule has 72 valence electrons. The summed E-state index contributed by atoms with van der Waals surface area (Å²) >= 11 is 5.73. The molecular weight excluding hydrogens is 186 g/mol. The van der Waals surface area contributed by atoms with E-state index >= 15 is 0 Å². The van der Waals surface area contributed by atoms with Crippen LogP contribution in [-0.4, -0.2) is 21.9 Å². The maximum Gasteiger partial charge on any atom is 0.222 e. The van der Waals surface area contributed by atoms with Crippen LogP contribution < -0.4 is 5.32 Å². The van der Waals surface area contributed by atoms with Gasteiger partial charge in [-0.25, -0.2) is 9.97 Å². The molecule has 0 spiro atoms. The average molecular weight is 200 g/mol. The van der Waals surface area contributed by atoms with Gasteiger partial charge in [0, 0.05) is 24.3 Å². The van der Waals surface area contributed by atoms with Crippen LogP contribution in [0.25, 0.3) is 0 Å². The number of halogens is 1. The zero-order chi connectivity index (χ0) is 9.68. The van der Waals surface area contributed by atoms with Crippen LogP contribution in [0.2, 0.25) is 0 Å². The van der Waals surface area contributed by atoms with Crippen LogP contribution in [-0.2, 0) is 0 Å². The average Bonchev–Trinajstić information content (AvgIpc) is 2.18. The Morgan fingerprint density at radius 2 is 2.00 bits per heavy atom. The maximum absolute atomic E-state index is 5.73. The molecule has 4 heteroatoms. The van der Waals surface area contributed by atoms with Crippen LogP contribution in [0.5, 0.6) is 0 Å². The van der Waals surface area contributed by atoms with Crippen molar-refractivity contribution in [3.05, 3.63) is 18.5 Å². The molecule has 1 N–H and O–H groups in total. The van der Waals surface area contributed by atoms with E-state index in [2.05, 4.69) is 29.1 Å². The molecule has 0 radical (unpaired) electrons. The van der Waals surface area contributed by atoms with Gasteiger partial charge in [0.1, 0.15) is 0 Å². The van der Waals surface area contributed by atoms with Crippen molar-refractivity contribution < 1.29 is 0 Å². The quantitative estimate of drug-likeness (QED) is 0.756. The maximum atomic E-state index is 5.73. The number of nitrogens with zero attached hydrogens (tertiary/aromatic N) is 2. The Balaban J connectivity index is 2.50. The zero-order valence-corrected chi connectivity index (χ0v) is 8.62. The van der Waals surface area contributed by atoms with E-state index in [0.717, 1.165) is 0 Å². The van der Waals surface area contributed by atoms with Gasteiger partial charge in [0.2, 0.25) is 5.95 Å². The van der Waals surface area contributed by atoms with Gasteiger partial charge in [0.15, 0.2) is 0 Å². The van der Waals surface area contributed by atoms with Crippen LogP contribution in [0.3, 0.4) is 0 Å². The minimum Gasteiger partial charge on any atom is -0.351 e. The first-order valence-corrected chi connectivity index (χ1v) is 4.87. The minimum absolute atomic E-state index is 0.292. The summed E-state index contributed by atoms with van der Waals surface area (Å²) in [6.07, 6.45) is 3.43. The Labute approximate surface area is 83.5 Å². The number of alkyl halides is 1. The van der Waals surface area contributed by atoms with E-state index in [1.165, 1.54) is 0 Å². The van der Waals surface area contributed by atoms with Crippen molar-refractivity contribution in [1.29, 1.82) is 0 Å². The number of hydrogen-bond acceptors (Lipinski definition) is 3. The summed E-state index contributed by atoms with van der Waals surface area (Å²) in [6.45, 7) is 4.16. The van der Waals surface area contributed by atoms with Crippen molar-refractivity contribution in [2.75, 3.05) is 11.2 Å². The molecule has 13 heavy (non-hydrogen) atoms. The second-order valence-corrected chi connectivity index (χ2v) is 3.45. The first-order valence-electron chi connectivity index (χ1n) is 4.33. The lowest BCUT2D eigenvalue weighted by Crippen LogP contribution is -2.25. The molecule has 0 aromatic carbocycles. The van der Waals surface area contributed by atoms with E-state index in [1.807, 2.05) is 0 Å². The van der Waals surface area contributed by atoms with E-state index in [4.69, 9.17) is 11.6 Å². The summed E-state index contributed by atoms with van der Waals surface area (Å²) < 4.78 is 0. The molecule has 2 atom stereocenters.